The third kappa shape index (κ3) is 7.13. The van der Waals surface area contributed by atoms with Crippen molar-refractivity contribution < 1.29 is 0 Å². The molecule has 2 heteroatoms. The largest absolute Gasteiger partial charge is 0.310 e. The van der Waals surface area contributed by atoms with Crippen LogP contribution in [-0.4, -0.2) is 0 Å². The van der Waals surface area contributed by atoms with Gasteiger partial charge < -0.3 is 9.80 Å². The van der Waals surface area contributed by atoms with Gasteiger partial charge in [-0.1, -0.05) is 170 Å². The van der Waals surface area contributed by atoms with Gasteiger partial charge in [0.25, 0.3) is 0 Å². The van der Waals surface area contributed by atoms with Gasteiger partial charge in [-0.15, -0.1) is 0 Å². The molecule has 9 aromatic carbocycles. The molecule has 0 spiro atoms. The lowest BCUT2D eigenvalue weighted by Gasteiger charge is -2.28. The molecule has 0 aliphatic carbocycles. The molecule has 0 heterocycles. The number of para-hydroxylation sites is 2. The van der Waals surface area contributed by atoms with Gasteiger partial charge in [0, 0.05) is 33.7 Å². The number of hydrogen-bond donors (Lipinski definition) is 0. The van der Waals surface area contributed by atoms with Gasteiger partial charge in [0.15, 0.2) is 0 Å². The number of nitrogens with zero attached hydrogens (tertiary/aromatic N) is 2. The smallest absolute Gasteiger partial charge is 0.0540 e. The molecule has 0 atom stereocenters. The van der Waals surface area contributed by atoms with Crippen LogP contribution in [-0.2, 0) is 0 Å². The molecule has 0 unspecified atom stereocenters. The van der Waals surface area contributed by atoms with Crippen LogP contribution < -0.4 is 9.80 Å². The number of fused-ring (bicyclic) bond motifs is 1. The van der Waals surface area contributed by atoms with E-state index < -0.39 is 0 Å². The maximum absolute atomic E-state index is 4.13. The quantitative estimate of drug-likeness (QED) is 0.138. The van der Waals surface area contributed by atoms with E-state index in [1.54, 1.807) is 0 Å². The first-order valence-electron chi connectivity index (χ1n) is 19.5. The minimum atomic E-state index is 1.10. The Morgan fingerprint density at radius 1 is 0.333 bits per heavy atom. The third-order valence-electron chi connectivity index (χ3n) is 10.8. The average Bonchev–Trinajstić information content (AvgIpc) is 3.28. The first-order valence-corrected chi connectivity index (χ1v) is 19.5. The average molecular weight is 731 g/mol. The van der Waals surface area contributed by atoms with Crippen molar-refractivity contribution in [3.05, 3.63) is 236 Å². The van der Waals surface area contributed by atoms with E-state index in [-0.39, 0.29) is 0 Å². The van der Waals surface area contributed by atoms with Gasteiger partial charge in [0.2, 0.25) is 0 Å². The summed E-state index contributed by atoms with van der Waals surface area (Å²) >= 11 is 0. The van der Waals surface area contributed by atoms with E-state index in [4.69, 9.17) is 0 Å². The summed E-state index contributed by atoms with van der Waals surface area (Å²) in [6.07, 6.45) is 1.95. The van der Waals surface area contributed by atoms with E-state index in [0.717, 1.165) is 39.7 Å². The second-order valence-electron chi connectivity index (χ2n) is 14.3. The highest BCUT2D eigenvalue weighted by molar-refractivity contribution is 5.99. The second kappa shape index (κ2) is 15.7. The Labute approximate surface area is 335 Å². The number of benzene rings is 9. The van der Waals surface area contributed by atoms with Crippen molar-refractivity contribution in [2.75, 3.05) is 9.80 Å². The zero-order valence-corrected chi connectivity index (χ0v) is 32.0. The molecule has 0 fully saturated rings. The lowest BCUT2D eigenvalue weighted by atomic mass is 9.97. The number of anilines is 6. The van der Waals surface area contributed by atoms with Crippen molar-refractivity contribution in [2.45, 2.75) is 6.92 Å². The predicted octanol–water partition coefficient (Wildman–Crippen LogP) is 15.7. The van der Waals surface area contributed by atoms with Gasteiger partial charge in [-0.3, -0.25) is 0 Å². The van der Waals surface area contributed by atoms with E-state index in [0.29, 0.717) is 0 Å². The van der Waals surface area contributed by atoms with Crippen LogP contribution in [0.5, 0.6) is 0 Å². The fourth-order valence-corrected chi connectivity index (χ4v) is 7.85. The first kappa shape index (κ1) is 35.3. The summed E-state index contributed by atoms with van der Waals surface area (Å²) in [7, 11) is 0. The normalized spacial score (nSPS) is 11.0. The summed E-state index contributed by atoms with van der Waals surface area (Å²) in [4.78, 5) is 4.65. The summed E-state index contributed by atoms with van der Waals surface area (Å²) in [6, 6.07) is 78.2. The van der Waals surface area contributed by atoms with Crippen molar-refractivity contribution in [3.8, 4) is 33.4 Å². The van der Waals surface area contributed by atoms with E-state index in [9.17, 15) is 0 Å². The fourth-order valence-electron chi connectivity index (χ4n) is 7.85. The summed E-state index contributed by atoms with van der Waals surface area (Å²) in [5, 5.41) is 2.45. The Kier molecular flexibility index (Phi) is 9.75. The topological polar surface area (TPSA) is 6.48 Å². The molecule has 0 saturated heterocycles. The van der Waals surface area contributed by atoms with Crippen LogP contribution in [0.4, 0.5) is 34.1 Å². The molecule has 9 rings (SSSR count). The van der Waals surface area contributed by atoms with E-state index >= 15 is 0 Å². The summed E-state index contributed by atoms with van der Waals surface area (Å²) < 4.78 is 0. The Bertz CT molecular complexity index is 2760. The first-order chi connectivity index (χ1) is 28.1. The van der Waals surface area contributed by atoms with E-state index in [2.05, 4.69) is 242 Å². The van der Waals surface area contributed by atoms with Crippen LogP contribution in [0.2, 0.25) is 0 Å². The molecule has 0 amide bonds. The predicted molar refractivity (Wildman–Crippen MR) is 244 cm³/mol. The molecule has 0 aliphatic rings. The number of rotatable bonds is 10. The Morgan fingerprint density at radius 2 is 0.684 bits per heavy atom. The molecule has 0 aromatic heterocycles. The molecule has 0 radical (unpaired) electrons. The zero-order valence-electron chi connectivity index (χ0n) is 32.0. The zero-order chi connectivity index (χ0) is 38.6. The fraction of sp³-hybridized carbons (Fsp3) is 0.0182. The van der Waals surface area contributed by atoms with Crippen molar-refractivity contribution >= 4 is 51.0 Å². The second-order valence-corrected chi connectivity index (χ2v) is 14.3. The lowest BCUT2D eigenvalue weighted by Crippen LogP contribution is -2.11. The highest BCUT2D eigenvalue weighted by Crippen LogP contribution is 2.41. The van der Waals surface area contributed by atoms with E-state index in [1.165, 1.54) is 49.7 Å². The maximum atomic E-state index is 4.13. The number of aryl methyl sites for hydroxylation is 1. The monoisotopic (exact) mass is 730 g/mol. The van der Waals surface area contributed by atoms with Crippen LogP contribution in [0.25, 0.3) is 50.2 Å². The standard InChI is InChI=1S/C55H42N2/c1-3-52-40(2)14-12-22-54(52)56(48-17-6-4-7-18-48)50-36-32-45(33-37-50)43-28-24-41(25-29-43)42-26-30-44(31-27-42)46-34-38-51(39-35-46)57(49-19-8-5-9-20-49)55-23-13-16-47-15-10-11-21-53(47)55/h3-39H,1H2,2H3. The van der Waals surface area contributed by atoms with Crippen molar-refractivity contribution in [1.82, 2.24) is 0 Å². The van der Waals surface area contributed by atoms with Crippen LogP contribution >= 0.6 is 0 Å². The van der Waals surface area contributed by atoms with Crippen LogP contribution in [0.3, 0.4) is 0 Å². The van der Waals surface area contributed by atoms with Crippen molar-refractivity contribution in [3.63, 3.8) is 0 Å². The van der Waals surface area contributed by atoms with Gasteiger partial charge in [0.05, 0.1) is 11.4 Å². The van der Waals surface area contributed by atoms with Gasteiger partial charge in [0.1, 0.15) is 0 Å². The third-order valence-corrected chi connectivity index (χ3v) is 10.8. The number of hydrogen-bond acceptors (Lipinski definition) is 2. The van der Waals surface area contributed by atoms with Gasteiger partial charge in [-0.05, 0) is 112 Å². The van der Waals surface area contributed by atoms with Crippen molar-refractivity contribution in [1.29, 1.82) is 0 Å². The minimum Gasteiger partial charge on any atom is -0.310 e. The SMILES string of the molecule is C=Cc1c(C)cccc1N(c1ccccc1)c1ccc(-c2ccc(-c3ccc(-c4ccc(N(c5ccccc5)c5cccc6ccccc56)cc4)cc3)cc2)cc1. The lowest BCUT2D eigenvalue weighted by molar-refractivity contribution is 1.26. The Balaban J connectivity index is 0.940. The Morgan fingerprint density at radius 3 is 1.16 bits per heavy atom. The van der Waals surface area contributed by atoms with Crippen molar-refractivity contribution in [2.24, 2.45) is 0 Å². The summed E-state index contributed by atoms with van der Waals surface area (Å²) in [6.45, 7) is 6.26. The molecule has 272 valence electrons. The summed E-state index contributed by atoms with van der Waals surface area (Å²) in [5.74, 6) is 0. The molecule has 57 heavy (non-hydrogen) atoms. The molecule has 2 nitrogen and oxygen atoms in total. The van der Waals surface area contributed by atoms with Gasteiger partial charge >= 0.3 is 0 Å². The minimum absolute atomic E-state index is 1.10. The maximum Gasteiger partial charge on any atom is 0.0540 e. The highest BCUT2D eigenvalue weighted by atomic mass is 15.1. The van der Waals surface area contributed by atoms with Crippen LogP contribution in [0, 0.1) is 6.92 Å². The van der Waals surface area contributed by atoms with Gasteiger partial charge in [-0.2, -0.15) is 0 Å². The Hall–Kier alpha value is -7.42. The van der Waals surface area contributed by atoms with Crippen LogP contribution in [0.15, 0.2) is 225 Å². The molecular weight excluding hydrogens is 689 g/mol. The molecule has 0 saturated carbocycles. The molecule has 0 aliphatic heterocycles. The van der Waals surface area contributed by atoms with E-state index in [1.807, 2.05) is 6.08 Å². The highest BCUT2D eigenvalue weighted by Gasteiger charge is 2.17. The molecular formula is C55H42N2. The molecule has 9 aromatic rings. The van der Waals surface area contributed by atoms with Gasteiger partial charge in [-0.25, -0.2) is 0 Å². The summed E-state index contributed by atoms with van der Waals surface area (Å²) in [5.41, 5.74) is 16.2. The molecule has 0 bridgehead atoms. The molecule has 0 N–H and O–H groups in total. The van der Waals surface area contributed by atoms with Crippen LogP contribution in [0.1, 0.15) is 11.1 Å².